The molecule has 0 bridgehead atoms. The molecule has 6 heteroatoms. The van der Waals surface area contributed by atoms with Crippen molar-refractivity contribution >= 4 is 5.78 Å². The van der Waals surface area contributed by atoms with Gasteiger partial charge in [0.2, 0.25) is 0 Å². The smallest absolute Gasteiger partial charge is 0.521 e. The average molecular weight is 536 g/mol. The van der Waals surface area contributed by atoms with E-state index in [1.54, 1.807) is 0 Å². The van der Waals surface area contributed by atoms with E-state index >= 15 is 0 Å². The van der Waals surface area contributed by atoms with Gasteiger partial charge in [-0.3, -0.25) is 4.79 Å². The molecule has 120 valence electrons. The minimum atomic E-state index is -2.97. The number of carbonyl (C=O) groups is 1. The van der Waals surface area contributed by atoms with Gasteiger partial charge < -0.3 is 23.3 Å². The third kappa shape index (κ3) is 7.11. The number of hydrogen-bond donors (Lipinski definition) is 0. The molecule has 0 fully saturated rings. The van der Waals surface area contributed by atoms with Gasteiger partial charge >= 0.3 is 37.7 Å². The van der Waals surface area contributed by atoms with Crippen LogP contribution in [-0.4, -0.2) is 18.5 Å². The average Bonchev–Trinajstić information content (AvgIpc) is 2.39. The van der Waals surface area contributed by atoms with Crippen LogP contribution in [0.4, 0.5) is 8.78 Å². The van der Waals surface area contributed by atoms with Gasteiger partial charge in [-0.1, -0.05) is 20.0 Å². The minimum Gasteiger partial charge on any atom is -0.521 e. The molecule has 0 aromatic heterocycles. The molecule has 0 aliphatic carbocycles. The summed E-state index contributed by atoms with van der Waals surface area (Å²) < 4.78 is 34.6. The third-order valence-electron chi connectivity index (χ3n) is 2.69. The van der Waals surface area contributed by atoms with Crippen molar-refractivity contribution in [3.05, 3.63) is 37.6 Å². The molecular formula is C16H20F2O3U. The van der Waals surface area contributed by atoms with Crippen LogP contribution in [0.15, 0.2) is 18.2 Å². The maximum atomic E-state index is 12.4. The van der Waals surface area contributed by atoms with Crippen LogP contribution in [0, 0.1) is 50.9 Å². The first kappa shape index (κ1) is 21.4. The van der Waals surface area contributed by atoms with Crippen LogP contribution in [0.3, 0.4) is 0 Å². The summed E-state index contributed by atoms with van der Waals surface area (Å²) in [6, 6.07) is 4.18. The summed E-state index contributed by atoms with van der Waals surface area (Å²) in [5.74, 6) is 0.0923. The summed E-state index contributed by atoms with van der Waals surface area (Å²) in [6.45, 7) is 8.20. The summed E-state index contributed by atoms with van der Waals surface area (Å²) in [5.41, 5.74) is 0.400. The second-order valence-corrected chi connectivity index (χ2v) is 5.09. The van der Waals surface area contributed by atoms with Gasteiger partial charge in [-0.15, -0.1) is 0 Å². The Labute approximate surface area is 154 Å². The summed E-state index contributed by atoms with van der Waals surface area (Å²) in [4.78, 5) is 12.0. The molecule has 0 saturated carbocycles. The quantitative estimate of drug-likeness (QED) is 0.367. The Morgan fingerprint density at radius 2 is 1.86 bits per heavy atom. The fourth-order valence-corrected chi connectivity index (χ4v) is 1.69. The van der Waals surface area contributed by atoms with E-state index in [1.165, 1.54) is 18.2 Å². The Bertz CT molecular complexity index is 478. The van der Waals surface area contributed by atoms with E-state index < -0.39 is 12.7 Å². The number of hydrogen-bond acceptors (Lipinski definition) is 3. The summed E-state index contributed by atoms with van der Waals surface area (Å²) in [7, 11) is 0. The van der Waals surface area contributed by atoms with Crippen molar-refractivity contribution in [2.45, 2.75) is 39.4 Å². The molecule has 1 aromatic rings. The number of Topliss-reactive ketones (excluding diaryl/α,β-unsaturated/α-hetero) is 1. The Morgan fingerprint density at radius 1 is 1.23 bits per heavy atom. The van der Waals surface area contributed by atoms with E-state index in [2.05, 4.69) is 18.6 Å². The Morgan fingerprint density at radius 3 is 2.36 bits per heavy atom. The van der Waals surface area contributed by atoms with Gasteiger partial charge in [0.05, 0.1) is 0 Å². The molecule has 1 aromatic carbocycles. The maximum absolute atomic E-state index is 12.4. The number of halogens is 2. The predicted molar refractivity (Wildman–Crippen MR) is 76.6 cm³/mol. The van der Waals surface area contributed by atoms with Crippen LogP contribution in [0.25, 0.3) is 0 Å². The number of ketones is 1. The van der Waals surface area contributed by atoms with Gasteiger partial charge in [-0.25, -0.2) is 0 Å². The zero-order valence-electron chi connectivity index (χ0n) is 12.8. The number of rotatable bonds is 8. The Hall–Kier alpha value is -0.598. The van der Waals surface area contributed by atoms with E-state index in [0.717, 1.165) is 0 Å². The molecule has 0 N–H and O–H groups in total. The Balaban J connectivity index is 0.00000441. The molecule has 0 saturated heterocycles. The van der Waals surface area contributed by atoms with Gasteiger partial charge in [-0.05, 0) is 24.1 Å². The van der Waals surface area contributed by atoms with E-state index in [1.807, 2.05) is 13.8 Å². The van der Waals surface area contributed by atoms with Crippen LogP contribution < -0.4 is 9.47 Å². The molecule has 1 atom stereocenters. The third-order valence-corrected chi connectivity index (χ3v) is 2.69. The molecule has 0 spiro atoms. The summed E-state index contributed by atoms with van der Waals surface area (Å²) >= 11 is 0. The van der Waals surface area contributed by atoms with Crippen molar-refractivity contribution in [2.24, 2.45) is 5.92 Å². The van der Waals surface area contributed by atoms with Gasteiger partial charge in [0.15, 0.2) is 17.3 Å². The molecular weight excluding hydrogens is 516 g/mol. The fraction of sp³-hybridized carbons (Fsp3) is 0.438. The molecule has 0 aliphatic rings. The first-order valence-electron chi connectivity index (χ1n) is 6.74. The van der Waals surface area contributed by atoms with E-state index in [-0.39, 0.29) is 54.3 Å². The second-order valence-electron chi connectivity index (χ2n) is 5.09. The van der Waals surface area contributed by atoms with Crippen LogP contribution in [-0.2, 0) is 0 Å². The van der Waals surface area contributed by atoms with Crippen molar-refractivity contribution in [1.82, 2.24) is 0 Å². The molecule has 22 heavy (non-hydrogen) atoms. The van der Waals surface area contributed by atoms with Crippen LogP contribution >= 0.6 is 0 Å². The van der Waals surface area contributed by atoms with Crippen molar-refractivity contribution in [3.8, 4) is 11.5 Å². The summed E-state index contributed by atoms with van der Waals surface area (Å²) in [5, 5.41) is 0. The van der Waals surface area contributed by atoms with Crippen molar-refractivity contribution in [3.63, 3.8) is 0 Å². The Kier molecular flexibility index (Phi) is 9.95. The largest absolute Gasteiger partial charge is 2.00 e. The van der Waals surface area contributed by atoms with Gasteiger partial charge in [0.25, 0.3) is 0 Å². The predicted octanol–water partition coefficient (Wildman–Crippen LogP) is 4.32. The molecule has 3 nitrogen and oxygen atoms in total. The van der Waals surface area contributed by atoms with Crippen LogP contribution in [0.1, 0.15) is 37.0 Å². The zero-order valence-corrected chi connectivity index (χ0v) is 16.9. The minimum absolute atomic E-state index is 0. The topological polar surface area (TPSA) is 35.5 Å². The standard InChI is InChI=1S/C16H20F2O3.U/c1-5-11(4)20-15-9-12(13(19)8-10(2)3)6-7-14(15)21-16(17)18;/h6-7,9-11,16H,1,4-5,8H2,2-3H3;/q-2;+2. The number of benzene rings is 1. The summed E-state index contributed by atoms with van der Waals surface area (Å²) in [6.07, 6.45) is 0.219. The van der Waals surface area contributed by atoms with E-state index in [9.17, 15) is 13.6 Å². The molecule has 0 amide bonds. The van der Waals surface area contributed by atoms with Crippen molar-refractivity contribution < 1.29 is 54.2 Å². The molecule has 0 heterocycles. The zero-order chi connectivity index (χ0) is 16.0. The molecule has 1 rings (SSSR count). The van der Waals surface area contributed by atoms with Crippen LogP contribution in [0.5, 0.6) is 11.5 Å². The number of alkyl halides is 2. The number of ether oxygens (including phenoxy) is 2. The van der Waals surface area contributed by atoms with E-state index in [0.29, 0.717) is 18.4 Å². The molecule has 0 radical (unpaired) electrons. The molecule has 1 unspecified atom stereocenters. The van der Waals surface area contributed by atoms with Gasteiger partial charge in [0, 0.05) is 12.0 Å². The first-order chi connectivity index (χ1) is 9.83. The van der Waals surface area contributed by atoms with Crippen molar-refractivity contribution in [1.29, 1.82) is 0 Å². The van der Waals surface area contributed by atoms with Crippen LogP contribution in [0.2, 0.25) is 0 Å². The van der Waals surface area contributed by atoms with Gasteiger partial charge in [0.1, 0.15) is 0 Å². The monoisotopic (exact) mass is 536 g/mol. The van der Waals surface area contributed by atoms with Crippen molar-refractivity contribution in [2.75, 3.05) is 0 Å². The second kappa shape index (κ2) is 10.2. The van der Waals surface area contributed by atoms with E-state index in [4.69, 9.17) is 4.74 Å². The first-order valence-corrected chi connectivity index (χ1v) is 6.74. The fourth-order valence-electron chi connectivity index (χ4n) is 1.69. The SMILES string of the molecule is [CH2-]CC([CH2-])Oc1cc(C(=O)CC(C)C)ccc1OC(F)F.[U+2]. The molecule has 0 aliphatic heterocycles. The van der Waals surface area contributed by atoms with Gasteiger partial charge in [-0.2, -0.15) is 15.2 Å². The normalized spacial score (nSPS) is 12.0. The number of carbonyl (C=O) groups excluding carboxylic acids is 1. The maximum Gasteiger partial charge on any atom is 2.00 e.